The highest BCUT2D eigenvalue weighted by atomic mass is 79.9. The van der Waals surface area contributed by atoms with E-state index >= 15 is 0 Å². The summed E-state index contributed by atoms with van der Waals surface area (Å²) >= 11 is 1.94. The van der Waals surface area contributed by atoms with Crippen LogP contribution in [0.4, 0.5) is 0 Å². The molecule has 11 heavy (non-hydrogen) atoms. The van der Waals surface area contributed by atoms with Crippen LogP contribution in [0.2, 0.25) is 0 Å². The normalized spacial score (nSPS) is 12.9. The number of halogens is 1. The van der Waals surface area contributed by atoms with Crippen LogP contribution < -0.4 is 0 Å². The first-order valence-corrected chi connectivity index (χ1v) is 4.82. The molecule has 0 spiro atoms. The lowest BCUT2D eigenvalue weighted by atomic mass is 10.4. The summed E-state index contributed by atoms with van der Waals surface area (Å²) in [4.78, 5) is 0.668. The zero-order valence-corrected chi connectivity index (χ0v) is 8.31. The number of hydrogen-bond donors (Lipinski definition) is 0. The first-order valence-electron chi connectivity index (χ1n) is 2.96. The van der Waals surface area contributed by atoms with Gasteiger partial charge in [0.05, 0.1) is 12.0 Å². The fraction of sp³-hybridized carbons (Fsp3) is 0.143. The van der Waals surface area contributed by atoms with Crippen molar-refractivity contribution in [3.05, 3.63) is 28.7 Å². The molecule has 2 nitrogen and oxygen atoms in total. The molecular weight excluding hydrogens is 228 g/mol. The van der Waals surface area contributed by atoms with Crippen LogP contribution in [0.1, 0.15) is 0 Å². The van der Waals surface area contributed by atoms with Gasteiger partial charge in [-0.25, -0.2) is 4.21 Å². The molecule has 1 unspecified atom stereocenters. The molecule has 0 fully saturated rings. The molecule has 60 valence electrons. The number of hydrogen-bond acceptors (Lipinski definition) is 2. The average molecular weight is 235 g/mol. The SMILES string of the molecule is COS(=O)c1cccc(Br)c1. The highest BCUT2D eigenvalue weighted by molar-refractivity contribution is 9.10. The van der Waals surface area contributed by atoms with Gasteiger partial charge < -0.3 is 0 Å². The quantitative estimate of drug-likeness (QED) is 0.784. The van der Waals surface area contributed by atoms with Crippen LogP contribution in [0.5, 0.6) is 0 Å². The molecule has 1 aromatic carbocycles. The summed E-state index contributed by atoms with van der Waals surface area (Å²) in [5, 5.41) is 0. The van der Waals surface area contributed by atoms with Crippen LogP contribution in [0.15, 0.2) is 33.6 Å². The maximum absolute atomic E-state index is 11.0. The van der Waals surface area contributed by atoms with E-state index in [1.807, 2.05) is 12.1 Å². The second kappa shape index (κ2) is 3.99. The van der Waals surface area contributed by atoms with Gasteiger partial charge in [0.1, 0.15) is 0 Å². The van der Waals surface area contributed by atoms with E-state index < -0.39 is 11.1 Å². The molecule has 0 aliphatic carbocycles. The van der Waals surface area contributed by atoms with Gasteiger partial charge in [0.2, 0.25) is 0 Å². The van der Waals surface area contributed by atoms with E-state index in [0.717, 1.165) is 4.47 Å². The van der Waals surface area contributed by atoms with Crippen molar-refractivity contribution < 1.29 is 8.39 Å². The molecule has 1 rings (SSSR count). The minimum Gasteiger partial charge on any atom is -0.290 e. The van der Waals surface area contributed by atoms with Crippen LogP contribution in [0, 0.1) is 0 Å². The molecule has 0 saturated carbocycles. The topological polar surface area (TPSA) is 26.3 Å². The summed E-state index contributed by atoms with van der Waals surface area (Å²) in [7, 11) is 1.41. The Morgan fingerprint density at radius 2 is 2.27 bits per heavy atom. The van der Waals surface area contributed by atoms with Crippen molar-refractivity contribution in [3.63, 3.8) is 0 Å². The van der Waals surface area contributed by atoms with Crippen LogP contribution in [-0.4, -0.2) is 11.3 Å². The summed E-state index contributed by atoms with van der Waals surface area (Å²) in [5.41, 5.74) is 0. The molecule has 0 N–H and O–H groups in total. The third-order valence-electron chi connectivity index (χ3n) is 1.14. The summed E-state index contributed by atoms with van der Waals surface area (Å²) in [6.45, 7) is 0. The lowest BCUT2D eigenvalue weighted by molar-refractivity contribution is 0.445. The number of benzene rings is 1. The Labute approximate surface area is 76.4 Å². The van der Waals surface area contributed by atoms with Gasteiger partial charge in [0.25, 0.3) is 0 Å². The van der Waals surface area contributed by atoms with E-state index in [1.54, 1.807) is 12.1 Å². The van der Waals surface area contributed by atoms with Crippen LogP contribution in [0.25, 0.3) is 0 Å². The van der Waals surface area contributed by atoms with Crippen molar-refractivity contribution in [2.45, 2.75) is 4.90 Å². The molecule has 0 bridgehead atoms. The van der Waals surface area contributed by atoms with Crippen LogP contribution >= 0.6 is 15.9 Å². The van der Waals surface area contributed by atoms with Gasteiger partial charge in [-0.3, -0.25) is 4.18 Å². The van der Waals surface area contributed by atoms with E-state index in [0.29, 0.717) is 4.90 Å². The summed E-state index contributed by atoms with van der Waals surface area (Å²) in [6, 6.07) is 7.21. The third-order valence-corrected chi connectivity index (χ3v) is 2.57. The van der Waals surface area contributed by atoms with E-state index in [4.69, 9.17) is 0 Å². The van der Waals surface area contributed by atoms with Gasteiger partial charge in [0.15, 0.2) is 11.1 Å². The second-order valence-electron chi connectivity index (χ2n) is 1.86. The van der Waals surface area contributed by atoms with Crippen molar-refractivity contribution in [3.8, 4) is 0 Å². The fourth-order valence-electron chi connectivity index (χ4n) is 0.667. The Morgan fingerprint density at radius 1 is 1.55 bits per heavy atom. The zero-order valence-electron chi connectivity index (χ0n) is 5.91. The van der Waals surface area contributed by atoms with E-state index in [2.05, 4.69) is 20.1 Å². The first kappa shape index (κ1) is 8.90. The predicted molar refractivity (Wildman–Crippen MR) is 47.6 cm³/mol. The molecule has 0 aliphatic heterocycles. The Morgan fingerprint density at radius 3 is 2.82 bits per heavy atom. The Bertz CT molecular complexity index is 275. The molecule has 1 aromatic rings. The first-order chi connectivity index (χ1) is 5.24. The van der Waals surface area contributed by atoms with Crippen molar-refractivity contribution in [1.29, 1.82) is 0 Å². The van der Waals surface area contributed by atoms with E-state index in [9.17, 15) is 4.21 Å². The van der Waals surface area contributed by atoms with Gasteiger partial charge in [-0.1, -0.05) is 22.0 Å². The maximum Gasteiger partial charge on any atom is 0.188 e. The molecule has 0 heterocycles. The highest BCUT2D eigenvalue weighted by Crippen LogP contribution is 2.14. The molecule has 0 aliphatic rings. The molecular formula is C7H7BrO2S. The minimum atomic E-state index is -1.33. The van der Waals surface area contributed by atoms with Gasteiger partial charge >= 0.3 is 0 Å². The minimum absolute atomic E-state index is 0.668. The standard InChI is InChI=1S/C7H7BrO2S/c1-10-11(9)7-4-2-3-6(8)5-7/h2-5H,1H3. The average Bonchev–Trinajstić information content (AvgIpc) is 2.03. The molecule has 0 aromatic heterocycles. The van der Waals surface area contributed by atoms with Gasteiger partial charge in [0, 0.05) is 4.47 Å². The van der Waals surface area contributed by atoms with Crippen LogP contribution in [-0.2, 0) is 15.3 Å². The van der Waals surface area contributed by atoms with E-state index in [-0.39, 0.29) is 0 Å². The van der Waals surface area contributed by atoms with Crippen molar-refractivity contribution >= 4 is 27.0 Å². The van der Waals surface area contributed by atoms with Crippen molar-refractivity contribution in [2.75, 3.05) is 7.11 Å². The van der Waals surface area contributed by atoms with Crippen LogP contribution in [0.3, 0.4) is 0 Å². The monoisotopic (exact) mass is 234 g/mol. The summed E-state index contributed by atoms with van der Waals surface area (Å²) in [5.74, 6) is 0. The second-order valence-corrected chi connectivity index (χ2v) is 4.05. The van der Waals surface area contributed by atoms with Gasteiger partial charge in [-0.15, -0.1) is 0 Å². The summed E-state index contributed by atoms with van der Waals surface area (Å²) in [6.07, 6.45) is 0. The molecule has 1 atom stereocenters. The number of rotatable bonds is 2. The van der Waals surface area contributed by atoms with E-state index in [1.165, 1.54) is 7.11 Å². The molecule has 4 heteroatoms. The maximum atomic E-state index is 11.0. The molecule has 0 radical (unpaired) electrons. The van der Waals surface area contributed by atoms with Gasteiger partial charge in [-0.05, 0) is 18.2 Å². The third kappa shape index (κ3) is 2.39. The fourth-order valence-corrected chi connectivity index (χ4v) is 1.82. The Balaban J connectivity index is 2.96. The summed E-state index contributed by atoms with van der Waals surface area (Å²) < 4.78 is 16.6. The molecule has 0 amide bonds. The zero-order chi connectivity index (χ0) is 8.27. The smallest absolute Gasteiger partial charge is 0.188 e. The van der Waals surface area contributed by atoms with Gasteiger partial charge in [-0.2, -0.15) is 0 Å². The lowest BCUT2D eigenvalue weighted by Gasteiger charge is -1.97. The Kier molecular flexibility index (Phi) is 3.23. The van der Waals surface area contributed by atoms with Crippen molar-refractivity contribution in [2.24, 2.45) is 0 Å². The lowest BCUT2D eigenvalue weighted by Crippen LogP contribution is -1.91. The highest BCUT2D eigenvalue weighted by Gasteiger charge is 2.00. The molecule has 0 saturated heterocycles. The largest absolute Gasteiger partial charge is 0.290 e. The Hall–Kier alpha value is -0.190. The van der Waals surface area contributed by atoms with Crippen molar-refractivity contribution in [1.82, 2.24) is 0 Å². The predicted octanol–water partition coefficient (Wildman–Crippen LogP) is 2.12.